The van der Waals surface area contributed by atoms with Gasteiger partial charge in [-0.15, -0.1) is 0 Å². The minimum absolute atomic E-state index is 0.00987. The summed E-state index contributed by atoms with van der Waals surface area (Å²) >= 11 is 0. The van der Waals surface area contributed by atoms with E-state index in [1.807, 2.05) is 12.1 Å². The quantitative estimate of drug-likeness (QED) is 0.816. The van der Waals surface area contributed by atoms with E-state index < -0.39 is 12.8 Å². The Hall–Kier alpha value is -1.07. The summed E-state index contributed by atoms with van der Waals surface area (Å²) in [6.45, 7) is -0.449. The van der Waals surface area contributed by atoms with E-state index >= 15 is 0 Å². The molecule has 1 aromatic carbocycles. The van der Waals surface area contributed by atoms with Crippen LogP contribution in [0.1, 0.15) is 30.4 Å². The molecule has 0 fully saturated rings. The van der Waals surface area contributed by atoms with E-state index in [-0.39, 0.29) is 12.0 Å². The molecule has 2 N–H and O–H groups in total. The molecule has 0 saturated heterocycles. The van der Waals surface area contributed by atoms with Crippen molar-refractivity contribution in [3.05, 3.63) is 35.4 Å². The lowest BCUT2D eigenvalue weighted by Gasteiger charge is -2.37. The van der Waals surface area contributed by atoms with E-state index in [1.165, 1.54) is 11.1 Å². The van der Waals surface area contributed by atoms with Crippen molar-refractivity contribution >= 4 is 0 Å². The lowest BCUT2D eigenvalue weighted by Crippen LogP contribution is -2.36. The van der Waals surface area contributed by atoms with Crippen LogP contribution in [0.3, 0.4) is 0 Å². The zero-order valence-electron chi connectivity index (χ0n) is 12.1. The molecule has 1 aliphatic rings. The van der Waals surface area contributed by atoms with Crippen LogP contribution >= 0.6 is 0 Å². The molecule has 1 atom stereocenters. The minimum atomic E-state index is -4.24. The smallest absolute Gasteiger partial charge is 0.372 e. The normalized spacial score (nSPS) is 22.1. The van der Waals surface area contributed by atoms with Gasteiger partial charge in [-0.1, -0.05) is 24.3 Å². The highest BCUT2D eigenvalue weighted by Gasteiger charge is 2.33. The van der Waals surface area contributed by atoms with Crippen molar-refractivity contribution in [3.63, 3.8) is 0 Å². The first-order valence-electron chi connectivity index (χ1n) is 7.35. The third-order valence-corrected chi connectivity index (χ3v) is 4.30. The maximum Gasteiger partial charge on any atom is 0.411 e. The predicted molar refractivity (Wildman–Crippen MR) is 76.1 cm³/mol. The zero-order valence-corrected chi connectivity index (χ0v) is 12.1. The van der Waals surface area contributed by atoms with Gasteiger partial charge in [-0.05, 0) is 55.2 Å². The number of halogens is 3. The fraction of sp³-hybridized carbons (Fsp3) is 0.625. The summed E-state index contributed by atoms with van der Waals surface area (Å²) in [5.74, 6) is 0. The van der Waals surface area contributed by atoms with Gasteiger partial charge >= 0.3 is 6.18 Å². The lowest BCUT2D eigenvalue weighted by molar-refractivity contribution is -0.174. The number of aryl methyl sites for hydroxylation is 1. The monoisotopic (exact) mass is 301 g/mol. The van der Waals surface area contributed by atoms with Crippen LogP contribution in [0.4, 0.5) is 13.2 Å². The van der Waals surface area contributed by atoms with Gasteiger partial charge in [0.2, 0.25) is 0 Å². The number of fused-ring (bicyclic) bond motifs is 1. The molecule has 5 heteroatoms. The van der Waals surface area contributed by atoms with Crippen molar-refractivity contribution in [1.29, 1.82) is 0 Å². The Kier molecular flexibility index (Phi) is 5.27. The number of rotatable bonds is 6. The van der Waals surface area contributed by atoms with E-state index in [0.717, 1.165) is 25.7 Å². The topological polar surface area (TPSA) is 35.2 Å². The largest absolute Gasteiger partial charge is 0.411 e. The number of benzene rings is 1. The lowest BCUT2D eigenvalue weighted by atomic mass is 9.69. The molecule has 0 spiro atoms. The van der Waals surface area contributed by atoms with Crippen LogP contribution in [0.15, 0.2) is 24.3 Å². The van der Waals surface area contributed by atoms with Crippen molar-refractivity contribution in [2.45, 2.75) is 38.3 Å². The summed E-state index contributed by atoms with van der Waals surface area (Å²) in [4.78, 5) is 0. The fourth-order valence-electron chi connectivity index (χ4n) is 3.09. The molecule has 2 nitrogen and oxygen atoms in total. The molecule has 0 aliphatic heterocycles. The summed E-state index contributed by atoms with van der Waals surface area (Å²) in [5, 5.41) is 0. The van der Waals surface area contributed by atoms with Gasteiger partial charge in [0, 0.05) is 6.61 Å². The Labute approximate surface area is 123 Å². The predicted octanol–water partition coefficient (Wildman–Crippen LogP) is 3.48. The second kappa shape index (κ2) is 6.79. The van der Waals surface area contributed by atoms with E-state index in [4.69, 9.17) is 5.73 Å². The highest BCUT2D eigenvalue weighted by molar-refractivity contribution is 5.31. The number of hydrogen-bond donors (Lipinski definition) is 1. The summed E-state index contributed by atoms with van der Waals surface area (Å²) in [6.07, 6.45) is 0.107. The highest BCUT2D eigenvalue weighted by atomic mass is 19.4. The standard InChI is InChI=1S/C16H22F3NO/c17-16(18,19)12-21-9-3-7-15(11-20)8-6-13-4-1-2-5-14(13)10-15/h1-2,4-5H,3,6-12,20H2. The molecule has 1 unspecified atom stereocenters. The van der Waals surface area contributed by atoms with Gasteiger partial charge < -0.3 is 10.5 Å². The molecule has 0 heterocycles. The van der Waals surface area contributed by atoms with Crippen molar-refractivity contribution in [2.75, 3.05) is 19.8 Å². The van der Waals surface area contributed by atoms with Gasteiger partial charge in [-0.2, -0.15) is 13.2 Å². The van der Waals surface area contributed by atoms with Crippen molar-refractivity contribution < 1.29 is 17.9 Å². The van der Waals surface area contributed by atoms with Crippen LogP contribution in [-0.4, -0.2) is 25.9 Å². The maximum absolute atomic E-state index is 12.0. The van der Waals surface area contributed by atoms with Crippen LogP contribution in [0.25, 0.3) is 0 Å². The fourth-order valence-corrected chi connectivity index (χ4v) is 3.09. The van der Waals surface area contributed by atoms with Crippen LogP contribution in [0, 0.1) is 5.41 Å². The molecule has 1 aliphatic carbocycles. The molecular weight excluding hydrogens is 279 g/mol. The number of nitrogens with two attached hydrogens (primary N) is 1. The SMILES string of the molecule is NCC1(CCCOCC(F)(F)F)CCc2ccccc2C1. The first kappa shape index (κ1) is 16.3. The summed E-state index contributed by atoms with van der Waals surface area (Å²) in [5.41, 5.74) is 8.66. The van der Waals surface area contributed by atoms with Crippen LogP contribution in [-0.2, 0) is 17.6 Å². The van der Waals surface area contributed by atoms with Gasteiger partial charge in [0.15, 0.2) is 0 Å². The number of alkyl halides is 3. The molecule has 2 rings (SSSR count). The van der Waals surface area contributed by atoms with Crippen LogP contribution < -0.4 is 5.73 Å². The van der Waals surface area contributed by atoms with Crippen LogP contribution in [0.5, 0.6) is 0 Å². The van der Waals surface area contributed by atoms with E-state index in [1.54, 1.807) is 0 Å². The van der Waals surface area contributed by atoms with E-state index in [2.05, 4.69) is 16.9 Å². The Balaban J connectivity index is 1.83. The third kappa shape index (κ3) is 4.71. The van der Waals surface area contributed by atoms with Crippen molar-refractivity contribution in [1.82, 2.24) is 0 Å². The Morgan fingerprint density at radius 2 is 1.90 bits per heavy atom. The van der Waals surface area contributed by atoms with Gasteiger partial charge in [0.05, 0.1) is 0 Å². The Morgan fingerprint density at radius 1 is 1.19 bits per heavy atom. The first-order chi connectivity index (χ1) is 9.94. The molecule has 0 amide bonds. The molecule has 118 valence electrons. The first-order valence-corrected chi connectivity index (χ1v) is 7.35. The molecule has 1 aromatic rings. The molecule has 0 radical (unpaired) electrons. The molecule has 21 heavy (non-hydrogen) atoms. The Bertz CT molecular complexity index is 461. The average molecular weight is 301 g/mol. The molecular formula is C16H22F3NO. The molecule has 0 saturated carbocycles. The average Bonchev–Trinajstić information content (AvgIpc) is 2.45. The summed E-state index contributed by atoms with van der Waals surface area (Å²) in [7, 11) is 0. The van der Waals surface area contributed by atoms with Crippen molar-refractivity contribution in [3.8, 4) is 0 Å². The van der Waals surface area contributed by atoms with E-state index in [0.29, 0.717) is 13.0 Å². The van der Waals surface area contributed by atoms with Crippen molar-refractivity contribution in [2.24, 2.45) is 11.1 Å². The van der Waals surface area contributed by atoms with Crippen LogP contribution in [0.2, 0.25) is 0 Å². The van der Waals surface area contributed by atoms with Gasteiger partial charge in [0.25, 0.3) is 0 Å². The summed E-state index contributed by atoms with van der Waals surface area (Å²) in [6, 6.07) is 8.33. The zero-order chi connectivity index (χ0) is 15.3. The third-order valence-electron chi connectivity index (χ3n) is 4.30. The summed E-state index contributed by atoms with van der Waals surface area (Å²) < 4.78 is 40.7. The second-order valence-electron chi connectivity index (χ2n) is 5.92. The molecule has 0 bridgehead atoms. The van der Waals surface area contributed by atoms with Gasteiger partial charge in [-0.25, -0.2) is 0 Å². The minimum Gasteiger partial charge on any atom is -0.372 e. The van der Waals surface area contributed by atoms with E-state index in [9.17, 15) is 13.2 Å². The number of hydrogen-bond acceptors (Lipinski definition) is 2. The number of ether oxygens (including phenoxy) is 1. The maximum atomic E-state index is 12.0. The van der Waals surface area contributed by atoms with Gasteiger partial charge in [0.1, 0.15) is 6.61 Å². The highest BCUT2D eigenvalue weighted by Crippen LogP contribution is 2.38. The van der Waals surface area contributed by atoms with Gasteiger partial charge in [-0.3, -0.25) is 0 Å². The molecule has 0 aromatic heterocycles. The Morgan fingerprint density at radius 3 is 2.57 bits per heavy atom. The second-order valence-corrected chi connectivity index (χ2v) is 5.92.